The van der Waals surface area contributed by atoms with E-state index in [0.717, 1.165) is 5.69 Å². The number of benzene rings is 1. The predicted molar refractivity (Wildman–Crippen MR) is 74.0 cm³/mol. The third-order valence-corrected chi connectivity index (χ3v) is 3.01. The highest BCUT2D eigenvalue weighted by molar-refractivity contribution is 6.30. The van der Waals surface area contributed by atoms with Crippen LogP contribution in [0.15, 0.2) is 47.1 Å². The van der Waals surface area contributed by atoms with Crippen LogP contribution in [0.4, 0.5) is 0 Å². The minimum absolute atomic E-state index is 0.176. The van der Waals surface area contributed by atoms with Gasteiger partial charge in [-0.15, -0.1) is 5.10 Å². The number of nitrogens with one attached hydrogen (secondary N) is 1. The second kappa shape index (κ2) is 5.76. The van der Waals surface area contributed by atoms with Crippen molar-refractivity contribution in [2.45, 2.75) is 6.54 Å². The molecule has 2 heterocycles. The average molecular weight is 304 g/mol. The Morgan fingerprint density at radius 1 is 1.29 bits per heavy atom. The smallest absolute Gasteiger partial charge is 0.287 e. The maximum Gasteiger partial charge on any atom is 0.287 e. The number of halogens is 1. The highest BCUT2D eigenvalue weighted by Gasteiger charge is 2.12. The van der Waals surface area contributed by atoms with Gasteiger partial charge in [-0.2, -0.15) is 4.68 Å². The van der Waals surface area contributed by atoms with Crippen LogP contribution < -0.4 is 5.32 Å². The van der Waals surface area contributed by atoms with Crippen molar-refractivity contribution in [1.29, 1.82) is 0 Å². The lowest BCUT2D eigenvalue weighted by Crippen LogP contribution is -2.24. The first-order valence-corrected chi connectivity index (χ1v) is 6.47. The highest BCUT2D eigenvalue weighted by Crippen LogP contribution is 2.13. The summed E-state index contributed by atoms with van der Waals surface area (Å²) >= 11 is 5.84. The Morgan fingerprint density at radius 2 is 2.10 bits per heavy atom. The normalized spacial score (nSPS) is 10.5. The fourth-order valence-electron chi connectivity index (χ4n) is 1.75. The number of furan rings is 1. The van der Waals surface area contributed by atoms with E-state index in [-0.39, 0.29) is 18.2 Å². The van der Waals surface area contributed by atoms with E-state index in [0.29, 0.717) is 10.8 Å². The van der Waals surface area contributed by atoms with E-state index in [1.165, 1.54) is 10.9 Å². The summed E-state index contributed by atoms with van der Waals surface area (Å²) in [6, 6.07) is 10.3. The summed E-state index contributed by atoms with van der Waals surface area (Å²) < 4.78 is 6.53. The molecule has 21 heavy (non-hydrogen) atoms. The third kappa shape index (κ3) is 2.92. The lowest BCUT2D eigenvalue weighted by molar-refractivity contribution is 0.0922. The van der Waals surface area contributed by atoms with E-state index in [9.17, 15) is 4.79 Å². The van der Waals surface area contributed by atoms with Crippen LogP contribution in [-0.4, -0.2) is 26.1 Å². The molecule has 3 aromatic rings. The van der Waals surface area contributed by atoms with Crippen LogP contribution in [0.2, 0.25) is 5.02 Å². The van der Waals surface area contributed by atoms with Gasteiger partial charge in [-0.3, -0.25) is 4.79 Å². The SMILES string of the molecule is O=C(NCc1nnnn1-c1ccc(Cl)cc1)c1ccco1. The monoisotopic (exact) mass is 303 g/mol. The summed E-state index contributed by atoms with van der Waals surface area (Å²) in [5.41, 5.74) is 0.756. The minimum atomic E-state index is -0.328. The lowest BCUT2D eigenvalue weighted by Gasteiger charge is -2.05. The molecule has 0 atom stereocenters. The Balaban J connectivity index is 1.74. The molecule has 0 aliphatic carbocycles. The highest BCUT2D eigenvalue weighted by atomic mass is 35.5. The Morgan fingerprint density at radius 3 is 2.81 bits per heavy atom. The van der Waals surface area contributed by atoms with Gasteiger partial charge in [0.1, 0.15) is 0 Å². The van der Waals surface area contributed by atoms with Gasteiger partial charge in [0.05, 0.1) is 18.5 Å². The zero-order valence-corrected chi connectivity index (χ0v) is 11.5. The molecule has 0 saturated carbocycles. The van der Waals surface area contributed by atoms with E-state index in [1.807, 2.05) is 0 Å². The van der Waals surface area contributed by atoms with Crippen LogP contribution in [0.3, 0.4) is 0 Å². The van der Waals surface area contributed by atoms with Crippen molar-refractivity contribution < 1.29 is 9.21 Å². The zero-order chi connectivity index (χ0) is 14.7. The van der Waals surface area contributed by atoms with Crippen molar-refractivity contribution in [3.05, 3.63) is 59.3 Å². The topological polar surface area (TPSA) is 85.8 Å². The van der Waals surface area contributed by atoms with E-state index in [2.05, 4.69) is 20.8 Å². The predicted octanol–water partition coefficient (Wildman–Crippen LogP) is 1.84. The number of rotatable bonds is 4. The summed E-state index contributed by atoms with van der Waals surface area (Å²) in [7, 11) is 0. The van der Waals surface area contributed by atoms with Gasteiger partial charge >= 0.3 is 0 Å². The van der Waals surface area contributed by atoms with Crippen LogP contribution >= 0.6 is 11.6 Å². The number of hydrogen-bond donors (Lipinski definition) is 1. The van der Waals surface area contributed by atoms with Gasteiger partial charge < -0.3 is 9.73 Å². The van der Waals surface area contributed by atoms with Gasteiger partial charge in [-0.05, 0) is 46.8 Å². The standard InChI is InChI=1S/C13H10ClN5O2/c14-9-3-5-10(6-4-9)19-12(16-17-18-19)8-15-13(20)11-2-1-7-21-11/h1-7H,8H2,(H,15,20). The lowest BCUT2D eigenvalue weighted by atomic mass is 10.3. The van der Waals surface area contributed by atoms with Crippen molar-refractivity contribution in [2.24, 2.45) is 0 Å². The first-order chi connectivity index (χ1) is 10.2. The first-order valence-electron chi connectivity index (χ1n) is 6.09. The second-order valence-electron chi connectivity index (χ2n) is 4.14. The maximum absolute atomic E-state index is 11.8. The van der Waals surface area contributed by atoms with Crippen LogP contribution in [0.1, 0.15) is 16.4 Å². The van der Waals surface area contributed by atoms with Gasteiger partial charge in [0.15, 0.2) is 11.6 Å². The van der Waals surface area contributed by atoms with E-state index < -0.39 is 0 Å². The summed E-state index contributed by atoms with van der Waals surface area (Å²) in [6.45, 7) is 0.176. The molecule has 1 amide bonds. The van der Waals surface area contributed by atoms with Crippen LogP contribution in [0, 0.1) is 0 Å². The molecule has 106 valence electrons. The van der Waals surface area contributed by atoms with Crippen LogP contribution in [-0.2, 0) is 6.54 Å². The van der Waals surface area contributed by atoms with E-state index in [1.54, 1.807) is 36.4 Å². The summed E-state index contributed by atoms with van der Waals surface area (Å²) in [6.07, 6.45) is 1.44. The number of carbonyl (C=O) groups excluding carboxylic acids is 1. The molecule has 0 fully saturated rings. The quantitative estimate of drug-likeness (QED) is 0.795. The molecule has 1 N–H and O–H groups in total. The molecule has 8 heteroatoms. The van der Waals surface area contributed by atoms with Gasteiger partial charge in [0.2, 0.25) is 0 Å². The summed E-state index contributed by atoms with van der Waals surface area (Å²) in [5, 5.41) is 14.7. The summed E-state index contributed by atoms with van der Waals surface area (Å²) in [4.78, 5) is 11.8. The first kappa shape index (κ1) is 13.3. The Labute approximate surface area is 124 Å². The Hall–Kier alpha value is -2.67. The van der Waals surface area contributed by atoms with E-state index >= 15 is 0 Å². The van der Waals surface area contributed by atoms with Crippen molar-refractivity contribution in [2.75, 3.05) is 0 Å². The number of hydrogen-bond acceptors (Lipinski definition) is 5. The number of nitrogens with zero attached hydrogens (tertiary/aromatic N) is 4. The Bertz CT molecular complexity index is 736. The van der Waals surface area contributed by atoms with Crippen LogP contribution in [0.25, 0.3) is 5.69 Å². The fourth-order valence-corrected chi connectivity index (χ4v) is 1.88. The van der Waals surface area contributed by atoms with Crippen molar-refractivity contribution >= 4 is 17.5 Å². The number of tetrazole rings is 1. The van der Waals surface area contributed by atoms with Gasteiger partial charge in [-0.25, -0.2) is 0 Å². The largest absolute Gasteiger partial charge is 0.459 e. The number of amides is 1. The minimum Gasteiger partial charge on any atom is -0.459 e. The van der Waals surface area contributed by atoms with Gasteiger partial charge in [-0.1, -0.05) is 11.6 Å². The molecule has 0 saturated heterocycles. The van der Waals surface area contributed by atoms with Crippen LogP contribution in [0.5, 0.6) is 0 Å². The van der Waals surface area contributed by atoms with Crippen molar-refractivity contribution in [1.82, 2.24) is 25.5 Å². The molecular formula is C13H10ClN5O2. The molecule has 3 rings (SSSR count). The zero-order valence-electron chi connectivity index (χ0n) is 10.7. The molecular weight excluding hydrogens is 294 g/mol. The third-order valence-electron chi connectivity index (χ3n) is 2.76. The molecule has 2 aromatic heterocycles. The van der Waals surface area contributed by atoms with Gasteiger partial charge in [0, 0.05) is 5.02 Å². The molecule has 0 bridgehead atoms. The molecule has 0 aliphatic rings. The molecule has 1 aromatic carbocycles. The molecule has 0 spiro atoms. The fraction of sp³-hybridized carbons (Fsp3) is 0.0769. The molecule has 0 aliphatic heterocycles. The Kier molecular flexibility index (Phi) is 3.65. The van der Waals surface area contributed by atoms with Crippen molar-refractivity contribution in [3.63, 3.8) is 0 Å². The summed E-state index contributed by atoms with van der Waals surface area (Å²) in [5.74, 6) is 0.406. The van der Waals surface area contributed by atoms with E-state index in [4.69, 9.17) is 16.0 Å². The molecule has 7 nitrogen and oxygen atoms in total. The average Bonchev–Trinajstić information content (AvgIpc) is 3.17. The second-order valence-corrected chi connectivity index (χ2v) is 4.58. The number of aromatic nitrogens is 4. The van der Waals surface area contributed by atoms with Gasteiger partial charge in [0.25, 0.3) is 5.91 Å². The number of carbonyl (C=O) groups is 1. The van der Waals surface area contributed by atoms with Crippen molar-refractivity contribution in [3.8, 4) is 5.69 Å². The molecule has 0 radical (unpaired) electrons. The maximum atomic E-state index is 11.8. The molecule has 0 unspecified atom stereocenters.